The summed E-state index contributed by atoms with van der Waals surface area (Å²) in [6.07, 6.45) is 4.61. The minimum Gasteiger partial charge on any atom is -0.475 e. The Hall–Kier alpha value is -2.02. The molecule has 3 heterocycles. The Kier molecular flexibility index (Phi) is 4.74. The molecule has 6 rings (SSSR count). The molecule has 0 radical (unpaired) electrons. The van der Waals surface area contributed by atoms with Crippen LogP contribution >= 0.6 is 0 Å². The number of quaternary nitrogens is 1. The van der Waals surface area contributed by atoms with Gasteiger partial charge in [-0.1, -0.05) is 24.3 Å². The number of nitrogens with zero attached hydrogens (tertiary/aromatic N) is 1. The number of anilines is 1. The molecule has 4 aliphatic rings. The second-order valence-electron chi connectivity index (χ2n) is 8.93. The average Bonchev–Trinajstić information content (AvgIpc) is 2.83. The monoisotopic (exact) mass is 411 g/mol. The fourth-order valence-corrected chi connectivity index (χ4v) is 5.81. The summed E-state index contributed by atoms with van der Waals surface area (Å²) in [5.41, 5.74) is 0.942. The van der Waals surface area contributed by atoms with Crippen LogP contribution in [-0.4, -0.2) is 64.4 Å². The van der Waals surface area contributed by atoms with Crippen molar-refractivity contribution in [1.82, 2.24) is 0 Å². The molecule has 0 aromatic heterocycles. The summed E-state index contributed by atoms with van der Waals surface area (Å²) in [6, 6.07) is 10.8. The lowest BCUT2D eigenvalue weighted by molar-refractivity contribution is -0.986. The van der Waals surface area contributed by atoms with Crippen LogP contribution in [-0.2, 0) is 9.47 Å². The van der Waals surface area contributed by atoms with Gasteiger partial charge in [0.2, 0.25) is 0 Å². The van der Waals surface area contributed by atoms with Crippen molar-refractivity contribution in [1.29, 1.82) is 0 Å². The van der Waals surface area contributed by atoms with Crippen LogP contribution in [0.3, 0.4) is 0 Å². The number of rotatable bonds is 2. The van der Waals surface area contributed by atoms with E-state index in [4.69, 9.17) is 18.9 Å². The Morgan fingerprint density at radius 1 is 0.933 bits per heavy atom. The van der Waals surface area contributed by atoms with Crippen LogP contribution in [0.4, 0.5) is 5.69 Å². The van der Waals surface area contributed by atoms with E-state index >= 15 is 0 Å². The summed E-state index contributed by atoms with van der Waals surface area (Å²) in [5, 5.41) is 2.40. The van der Waals surface area contributed by atoms with Gasteiger partial charge in [0.05, 0.1) is 26.4 Å². The molecule has 0 bridgehead atoms. The highest BCUT2D eigenvalue weighted by atomic mass is 16.6. The van der Waals surface area contributed by atoms with E-state index in [1.807, 2.05) is 0 Å². The average molecular weight is 412 g/mol. The molecule has 1 saturated carbocycles. The SMILES string of the molecule is c1ccc2c3c(cc(N4CCOCC4)c2c1)O[C@@]1([NH+]2CCOCC2)CCCC[C@H]1O3. The van der Waals surface area contributed by atoms with E-state index in [2.05, 4.69) is 35.2 Å². The number of hydrogen-bond donors (Lipinski definition) is 1. The first-order chi connectivity index (χ1) is 14.9. The Morgan fingerprint density at radius 2 is 1.70 bits per heavy atom. The lowest BCUT2D eigenvalue weighted by Gasteiger charge is -2.50. The van der Waals surface area contributed by atoms with Gasteiger partial charge in [-0.2, -0.15) is 0 Å². The van der Waals surface area contributed by atoms with E-state index in [1.54, 1.807) is 0 Å². The third-order valence-electron chi connectivity index (χ3n) is 7.32. The van der Waals surface area contributed by atoms with Crippen molar-refractivity contribution in [2.24, 2.45) is 0 Å². The minimum atomic E-state index is -0.292. The second-order valence-corrected chi connectivity index (χ2v) is 8.93. The number of fused-ring (bicyclic) bond motifs is 4. The van der Waals surface area contributed by atoms with Gasteiger partial charge in [0.25, 0.3) is 5.72 Å². The molecule has 3 aliphatic heterocycles. The van der Waals surface area contributed by atoms with Gasteiger partial charge in [-0.15, -0.1) is 0 Å². The molecule has 0 amide bonds. The fraction of sp³-hybridized carbons (Fsp3) is 0.583. The summed E-state index contributed by atoms with van der Waals surface area (Å²) < 4.78 is 25.1. The van der Waals surface area contributed by atoms with Crippen molar-refractivity contribution in [2.75, 3.05) is 57.5 Å². The molecule has 0 unspecified atom stereocenters. The molecule has 1 aliphatic carbocycles. The van der Waals surface area contributed by atoms with Crippen molar-refractivity contribution in [3.63, 3.8) is 0 Å². The van der Waals surface area contributed by atoms with Gasteiger partial charge in [0, 0.05) is 42.0 Å². The van der Waals surface area contributed by atoms with Gasteiger partial charge in [0.1, 0.15) is 13.1 Å². The first-order valence-corrected chi connectivity index (χ1v) is 11.5. The van der Waals surface area contributed by atoms with E-state index in [9.17, 15) is 0 Å². The number of benzene rings is 2. The molecule has 1 N–H and O–H groups in total. The fourth-order valence-electron chi connectivity index (χ4n) is 5.81. The second kappa shape index (κ2) is 7.59. The largest absolute Gasteiger partial charge is 0.475 e. The third-order valence-corrected chi connectivity index (χ3v) is 7.32. The zero-order valence-electron chi connectivity index (χ0n) is 17.5. The van der Waals surface area contributed by atoms with E-state index in [-0.39, 0.29) is 11.8 Å². The van der Waals surface area contributed by atoms with Crippen LogP contribution in [0.15, 0.2) is 30.3 Å². The predicted molar refractivity (Wildman–Crippen MR) is 115 cm³/mol. The number of nitrogens with one attached hydrogen (secondary N) is 1. The predicted octanol–water partition coefficient (Wildman–Crippen LogP) is 2.00. The molecule has 2 aromatic carbocycles. The highest BCUT2D eigenvalue weighted by molar-refractivity contribution is 6.00. The lowest BCUT2D eigenvalue weighted by Crippen LogP contribution is -3.24. The van der Waals surface area contributed by atoms with Crippen molar-refractivity contribution in [3.05, 3.63) is 30.3 Å². The maximum atomic E-state index is 7.03. The van der Waals surface area contributed by atoms with Crippen LogP contribution in [0.5, 0.6) is 11.5 Å². The first-order valence-electron chi connectivity index (χ1n) is 11.5. The maximum absolute atomic E-state index is 7.03. The van der Waals surface area contributed by atoms with Gasteiger partial charge in [-0.25, -0.2) is 0 Å². The third kappa shape index (κ3) is 2.96. The van der Waals surface area contributed by atoms with Crippen molar-refractivity contribution in [2.45, 2.75) is 37.5 Å². The smallest absolute Gasteiger partial charge is 0.279 e. The summed E-state index contributed by atoms with van der Waals surface area (Å²) in [7, 11) is 0. The van der Waals surface area contributed by atoms with Crippen LogP contribution in [0.25, 0.3) is 10.8 Å². The van der Waals surface area contributed by atoms with Gasteiger partial charge in [0.15, 0.2) is 17.6 Å². The van der Waals surface area contributed by atoms with Crippen molar-refractivity contribution in [3.8, 4) is 11.5 Å². The molecular formula is C24H31N2O4+. The molecule has 2 atom stereocenters. The summed E-state index contributed by atoms with van der Waals surface area (Å²) in [6.45, 7) is 6.93. The van der Waals surface area contributed by atoms with Crippen LogP contribution < -0.4 is 19.3 Å². The van der Waals surface area contributed by atoms with E-state index in [0.717, 1.165) is 82.3 Å². The normalized spacial score (nSPS) is 29.6. The molecule has 6 heteroatoms. The van der Waals surface area contributed by atoms with Gasteiger partial charge < -0.3 is 23.8 Å². The highest BCUT2D eigenvalue weighted by Gasteiger charge is 2.56. The molecule has 30 heavy (non-hydrogen) atoms. The van der Waals surface area contributed by atoms with E-state index in [0.29, 0.717) is 0 Å². The Bertz CT molecular complexity index is 923. The zero-order valence-corrected chi connectivity index (χ0v) is 17.5. The van der Waals surface area contributed by atoms with Crippen LogP contribution in [0, 0.1) is 0 Å². The Balaban J connectivity index is 1.47. The Morgan fingerprint density at radius 3 is 2.53 bits per heavy atom. The maximum Gasteiger partial charge on any atom is 0.279 e. The quantitative estimate of drug-likeness (QED) is 0.819. The molecule has 6 nitrogen and oxygen atoms in total. The van der Waals surface area contributed by atoms with Crippen LogP contribution in [0.2, 0.25) is 0 Å². The van der Waals surface area contributed by atoms with Gasteiger partial charge in [-0.05, 0) is 19.3 Å². The lowest BCUT2D eigenvalue weighted by atomic mass is 9.85. The summed E-state index contributed by atoms with van der Waals surface area (Å²) in [5.74, 6) is 1.84. The van der Waals surface area contributed by atoms with Crippen molar-refractivity contribution < 1.29 is 23.8 Å². The molecule has 0 spiro atoms. The highest BCUT2D eigenvalue weighted by Crippen LogP contribution is 2.48. The van der Waals surface area contributed by atoms with Gasteiger partial charge in [-0.3, -0.25) is 4.90 Å². The Labute approximate surface area is 177 Å². The zero-order chi connectivity index (χ0) is 20.0. The summed E-state index contributed by atoms with van der Waals surface area (Å²) in [4.78, 5) is 3.92. The standard InChI is InChI=1S/C24H30N2O4/c1-2-6-19-18(5-1)20(25-9-13-27-14-10-25)17-21-23(19)29-22-7-3-4-8-24(22,30-21)26-11-15-28-16-12-26/h1-2,5-6,17,22H,3-4,7-16H2/p+1/t22-,24+/m1/s1. The van der Waals surface area contributed by atoms with E-state index < -0.39 is 0 Å². The molecule has 2 saturated heterocycles. The van der Waals surface area contributed by atoms with E-state index in [1.165, 1.54) is 28.8 Å². The number of ether oxygens (including phenoxy) is 4. The van der Waals surface area contributed by atoms with Crippen molar-refractivity contribution >= 4 is 16.5 Å². The molecular weight excluding hydrogens is 380 g/mol. The number of hydrogen-bond acceptors (Lipinski definition) is 5. The van der Waals surface area contributed by atoms with Gasteiger partial charge >= 0.3 is 0 Å². The molecule has 160 valence electrons. The minimum absolute atomic E-state index is 0.101. The summed E-state index contributed by atoms with van der Waals surface area (Å²) >= 11 is 0. The van der Waals surface area contributed by atoms with Crippen LogP contribution in [0.1, 0.15) is 25.7 Å². The molecule has 2 aromatic rings. The first kappa shape index (κ1) is 18.7. The topological polar surface area (TPSA) is 44.6 Å². The number of morpholine rings is 2. The molecule has 3 fully saturated rings.